The highest BCUT2D eigenvalue weighted by Crippen LogP contribution is 2.17. The number of aryl methyl sites for hydroxylation is 1. The number of amides is 1. The van der Waals surface area contributed by atoms with E-state index in [1.807, 2.05) is 0 Å². The van der Waals surface area contributed by atoms with E-state index < -0.39 is 0 Å². The lowest BCUT2D eigenvalue weighted by Crippen LogP contribution is -2.25. The first-order chi connectivity index (χ1) is 8.54. The molecule has 0 saturated heterocycles. The summed E-state index contributed by atoms with van der Waals surface area (Å²) in [6, 6.07) is 4.95. The van der Waals surface area contributed by atoms with Crippen molar-refractivity contribution in [2.24, 2.45) is 11.7 Å². The zero-order valence-corrected chi connectivity index (χ0v) is 11.1. The number of hydrogen-bond acceptors (Lipinski definition) is 3. The number of phenolic OH excluding ortho intramolecular Hbond substituents is 1. The van der Waals surface area contributed by atoms with Crippen LogP contribution in [0.5, 0.6) is 5.75 Å². The lowest BCUT2D eigenvalue weighted by atomic mass is 10.1. The molecule has 0 aromatic heterocycles. The highest BCUT2D eigenvalue weighted by molar-refractivity contribution is 5.94. The zero-order valence-electron chi connectivity index (χ0n) is 11.1. The van der Waals surface area contributed by atoms with Crippen molar-refractivity contribution in [2.75, 3.05) is 13.1 Å². The maximum Gasteiger partial charge on any atom is 0.251 e. The largest absolute Gasteiger partial charge is 0.508 e. The van der Waals surface area contributed by atoms with Crippen LogP contribution in [-0.4, -0.2) is 24.1 Å². The Morgan fingerprint density at radius 3 is 2.83 bits per heavy atom. The molecule has 0 aliphatic carbocycles. The van der Waals surface area contributed by atoms with Crippen LogP contribution in [0.15, 0.2) is 18.2 Å². The lowest BCUT2D eigenvalue weighted by molar-refractivity contribution is 0.0952. The van der Waals surface area contributed by atoms with Crippen LogP contribution in [0.1, 0.15) is 35.7 Å². The molecule has 1 unspecified atom stereocenters. The minimum atomic E-state index is -0.147. The van der Waals surface area contributed by atoms with E-state index in [2.05, 4.69) is 12.2 Å². The Morgan fingerprint density at radius 1 is 1.50 bits per heavy atom. The molecule has 100 valence electrons. The molecule has 0 saturated carbocycles. The summed E-state index contributed by atoms with van der Waals surface area (Å²) in [6.45, 7) is 5.21. The second-order valence-electron chi connectivity index (χ2n) is 4.74. The third-order valence-electron chi connectivity index (χ3n) is 3.03. The van der Waals surface area contributed by atoms with E-state index in [1.54, 1.807) is 19.1 Å². The number of rotatable bonds is 6. The van der Waals surface area contributed by atoms with Crippen molar-refractivity contribution in [3.63, 3.8) is 0 Å². The maximum absolute atomic E-state index is 11.8. The SMILES string of the molecule is Cc1ccc(C(=O)NCCCC(C)CN)cc1O. The fraction of sp³-hybridized carbons (Fsp3) is 0.500. The van der Waals surface area contributed by atoms with Crippen molar-refractivity contribution < 1.29 is 9.90 Å². The van der Waals surface area contributed by atoms with E-state index in [-0.39, 0.29) is 11.7 Å². The van der Waals surface area contributed by atoms with Crippen molar-refractivity contribution in [2.45, 2.75) is 26.7 Å². The zero-order chi connectivity index (χ0) is 13.5. The molecule has 1 aromatic rings. The van der Waals surface area contributed by atoms with Gasteiger partial charge in [-0.05, 0) is 49.9 Å². The van der Waals surface area contributed by atoms with Crippen LogP contribution >= 0.6 is 0 Å². The van der Waals surface area contributed by atoms with Gasteiger partial charge in [0, 0.05) is 12.1 Å². The van der Waals surface area contributed by atoms with Crippen LogP contribution in [0, 0.1) is 12.8 Å². The molecule has 0 heterocycles. The Balaban J connectivity index is 2.39. The molecule has 0 fully saturated rings. The van der Waals surface area contributed by atoms with Gasteiger partial charge in [-0.15, -0.1) is 0 Å². The summed E-state index contributed by atoms with van der Waals surface area (Å²) in [7, 11) is 0. The number of carbonyl (C=O) groups is 1. The molecular formula is C14H22N2O2. The average molecular weight is 250 g/mol. The predicted molar refractivity (Wildman–Crippen MR) is 72.6 cm³/mol. The Bertz CT molecular complexity index is 405. The van der Waals surface area contributed by atoms with Crippen LogP contribution in [0.3, 0.4) is 0 Å². The van der Waals surface area contributed by atoms with Crippen molar-refractivity contribution >= 4 is 5.91 Å². The normalized spacial score (nSPS) is 12.2. The molecule has 4 heteroatoms. The van der Waals surface area contributed by atoms with E-state index in [9.17, 15) is 9.90 Å². The number of carbonyl (C=O) groups excluding carboxylic acids is 1. The molecule has 0 bridgehead atoms. The van der Waals surface area contributed by atoms with Gasteiger partial charge < -0.3 is 16.2 Å². The standard InChI is InChI=1S/C14H22N2O2/c1-10(9-15)4-3-7-16-14(18)12-6-5-11(2)13(17)8-12/h5-6,8,10,17H,3-4,7,9,15H2,1-2H3,(H,16,18). The van der Waals surface area contributed by atoms with E-state index in [4.69, 9.17) is 5.73 Å². The van der Waals surface area contributed by atoms with Crippen molar-refractivity contribution in [3.8, 4) is 5.75 Å². The Labute approximate surface area is 108 Å². The molecule has 1 atom stereocenters. The van der Waals surface area contributed by atoms with Crippen molar-refractivity contribution in [3.05, 3.63) is 29.3 Å². The molecule has 0 spiro atoms. The van der Waals surface area contributed by atoms with Gasteiger partial charge in [-0.2, -0.15) is 0 Å². The molecule has 0 aliphatic rings. The first-order valence-electron chi connectivity index (χ1n) is 6.32. The Hall–Kier alpha value is -1.55. The number of benzene rings is 1. The second-order valence-corrected chi connectivity index (χ2v) is 4.74. The monoisotopic (exact) mass is 250 g/mol. The quantitative estimate of drug-likeness (QED) is 0.674. The predicted octanol–water partition coefficient (Wildman–Crippen LogP) is 1.81. The van der Waals surface area contributed by atoms with E-state index in [1.165, 1.54) is 6.07 Å². The molecule has 1 rings (SSSR count). The number of nitrogens with two attached hydrogens (primary N) is 1. The smallest absolute Gasteiger partial charge is 0.251 e. The molecule has 18 heavy (non-hydrogen) atoms. The summed E-state index contributed by atoms with van der Waals surface area (Å²) in [6.07, 6.45) is 1.93. The minimum absolute atomic E-state index is 0.147. The van der Waals surface area contributed by atoms with Gasteiger partial charge in [0.05, 0.1) is 0 Å². The van der Waals surface area contributed by atoms with Crippen molar-refractivity contribution in [1.29, 1.82) is 0 Å². The lowest BCUT2D eigenvalue weighted by Gasteiger charge is -2.09. The molecule has 4 N–H and O–H groups in total. The first-order valence-corrected chi connectivity index (χ1v) is 6.32. The van der Waals surface area contributed by atoms with Gasteiger partial charge >= 0.3 is 0 Å². The third-order valence-corrected chi connectivity index (χ3v) is 3.03. The average Bonchev–Trinajstić information content (AvgIpc) is 2.37. The molecular weight excluding hydrogens is 228 g/mol. The summed E-state index contributed by atoms with van der Waals surface area (Å²) >= 11 is 0. The van der Waals surface area contributed by atoms with E-state index in [0.29, 0.717) is 24.6 Å². The van der Waals surface area contributed by atoms with E-state index >= 15 is 0 Å². The summed E-state index contributed by atoms with van der Waals surface area (Å²) < 4.78 is 0. The van der Waals surface area contributed by atoms with Crippen molar-refractivity contribution in [1.82, 2.24) is 5.32 Å². The molecule has 0 radical (unpaired) electrons. The van der Waals surface area contributed by atoms with Gasteiger partial charge in [0.25, 0.3) is 5.91 Å². The van der Waals surface area contributed by atoms with Crippen LogP contribution in [0.25, 0.3) is 0 Å². The summed E-state index contributed by atoms with van der Waals surface area (Å²) in [5, 5.41) is 12.4. The topological polar surface area (TPSA) is 75.4 Å². The van der Waals surface area contributed by atoms with Gasteiger partial charge in [0.15, 0.2) is 0 Å². The highest BCUT2D eigenvalue weighted by Gasteiger charge is 2.07. The first kappa shape index (κ1) is 14.5. The minimum Gasteiger partial charge on any atom is -0.508 e. The number of phenols is 1. The van der Waals surface area contributed by atoms with Crippen LogP contribution < -0.4 is 11.1 Å². The Kier molecular flexibility index (Phi) is 5.65. The van der Waals surface area contributed by atoms with Crippen LogP contribution in [-0.2, 0) is 0 Å². The van der Waals surface area contributed by atoms with Crippen LogP contribution in [0.4, 0.5) is 0 Å². The van der Waals surface area contributed by atoms with Gasteiger partial charge in [-0.1, -0.05) is 13.0 Å². The third kappa shape index (κ3) is 4.37. The molecule has 0 aliphatic heterocycles. The fourth-order valence-corrected chi connectivity index (χ4v) is 1.62. The molecule has 4 nitrogen and oxygen atoms in total. The number of hydrogen-bond donors (Lipinski definition) is 3. The highest BCUT2D eigenvalue weighted by atomic mass is 16.3. The Morgan fingerprint density at radius 2 is 2.22 bits per heavy atom. The summed E-state index contributed by atoms with van der Waals surface area (Å²) in [5.74, 6) is 0.496. The van der Waals surface area contributed by atoms with Gasteiger partial charge in [-0.3, -0.25) is 4.79 Å². The van der Waals surface area contributed by atoms with Gasteiger partial charge in [-0.25, -0.2) is 0 Å². The number of nitrogens with one attached hydrogen (secondary N) is 1. The molecule has 1 amide bonds. The molecule has 1 aromatic carbocycles. The van der Waals surface area contributed by atoms with Gasteiger partial charge in [0.1, 0.15) is 5.75 Å². The summed E-state index contributed by atoms with van der Waals surface area (Å²) in [4.78, 5) is 11.8. The summed E-state index contributed by atoms with van der Waals surface area (Å²) in [5.41, 5.74) is 6.78. The second kappa shape index (κ2) is 7.01. The van der Waals surface area contributed by atoms with Gasteiger partial charge in [0.2, 0.25) is 0 Å². The maximum atomic E-state index is 11.8. The van der Waals surface area contributed by atoms with Crippen LogP contribution in [0.2, 0.25) is 0 Å². The number of aromatic hydroxyl groups is 1. The fourth-order valence-electron chi connectivity index (χ4n) is 1.62. The van der Waals surface area contributed by atoms with E-state index in [0.717, 1.165) is 18.4 Å².